The summed E-state index contributed by atoms with van der Waals surface area (Å²) in [4.78, 5) is 14.4. The van der Waals surface area contributed by atoms with E-state index in [0.717, 1.165) is 45.4 Å². The van der Waals surface area contributed by atoms with Gasteiger partial charge in [-0.1, -0.05) is 18.2 Å². The van der Waals surface area contributed by atoms with Crippen molar-refractivity contribution in [2.24, 2.45) is 0 Å². The minimum Gasteiger partial charge on any atom is -0.389 e. The van der Waals surface area contributed by atoms with Gasteiger partial charge in [0, 0.05) is 37.8 Å². The molecule has 1 aromatic carbocycles. The zero-order valence-corrected chi connectivity index (χ0v) is 15.3. The monoisotopic (exact) mass is 362 g/mol. The Morgan fingerprint density at radius 3 is 2.73 bits per heavy atom. The van der Waals surface area contributed by atoms with Crippen molar-refractivity contribution in [2.45, 2.75) is 43.9 Å². The molecule has 6 nitrogen and oxygen atoms in total. The maximum Gasteiger partial charge on any atom is 0.251 e. The Morgan fingerprint density at radius 1 is 1.27 bits per heavy atom. The van der Waals surface area contributed by atoms with Crippen LogP contribution < -0.4 is 5.32 Å². The summed E-state index contributed by atoms with van der Waals surface area (Å²) in [7, 11) is 0. The minimum atomic E-state index is -0.480. The third-order valence-corrected chi connectivity index (χ3v) is 5.07. The molecule has 6 heteroatoms. The van der Waals surface area contributed by atoms with Crippen LogP contribution in [0.25, 0.3) is 0 Å². The number of aliphatic hydroxyl groups is 1. The molecule has 2 aliphatic rings. The van der Waals surface area contributed by atoms with Gasteiger partial charge in [-0.3, -0.25) is 4.79 Å². The average Bonchev–Trinajstić information content (AvgIpc) is 3.17. The Balaban J connectivity index is 1.30. The number of piperidine rings is 1. The summed E-state index contributed by atoms with van der Waals surface area (Å²) in [5, 5.41) is 13.3. The predicted octanol–water partition coefficient (Wildman–Crippen LogP) is 1.44. The lowest BCUT2D eigenvalue weighted by Gasteiger charge is -2.33. The SMILES string of the molecule is O=C(NC1CCN(C[C@H](O)COC[C@@H]2CCCO2)CC1)c1ccccc1. The first-order valence-electron chi connectivity index (χ1n) is 9.66. The van der Waals surface area contributed by atoms with Crippen molar-refractivity contribution in [2.75, 3.05) is 39.5 Å². The molecule has 2 aliphatic heterocycles. The highest BCUT2D eigenvalue weighted by Crippen LogP contribution is 2.13. The van der Waals surface area contributed by atoms with Crippen molar-refractivity contribution in [3.63, 3.8) is 0 Å². The van der Waals surface area contributed by atoms with Gasteiger partial charge in [0.2, 0.25) is 0 Å². The Hall–Kier alpha value is -1.47. The third kappa shape index (κ3) is 6.06. The smallest absolute Gasteiger partial charge is 0.251 e. The number of β-amino-alcohol motifs (C(OH)–C–C–N with tert-alkyl or cyclic N) is 1. The number of rotatable bonds is 8. The first-order chi connectivity index (χ1) is 12.7. The zero-order chi connectivity index (χ0) is 18.2. The van der Waals surface area contributed by atoms with E-state index in [1.54, 1.807) is 0 Å². The number of carbonyl (C=O) groups excluding carboxylic acids is 1. The van der Waals surface area contributed by atoms with E-state index in [4.69, 9.17) is 9.47 Å². The number of hydrogen-bond donors (Lipinski definition) is 2. The second-order valence-corrected chi connectivity index (χ2v) is 7.24. The summed E-state index contributed by atoms with van der Waals surface area (Å²) in [6, 6.07) is 9.52. The van der Waals surface area contributed by atoms with Crippen LogP contribution in [0.3, 0.4) is 0 Å². The normalized spacial score (nSPS) is 23.0. The molecule has 0 aliphatic carbocycles. The number of hydrogen-bond acceptors (Lipinski definition) is 5. The average molecular weight is 362 g/mol. The van der Waals surface area contributed by atoms with Gasteiger partial charge in [0.15, 0.2) is 0 Å². The predicted molar refractivity (Wildman–Crippen MR) is 99.2 cm³/mol. The highest BCUT2D eigenvalue weighted by molar-refractivity contribution is 5.94. The molecule has 0 saturated carbocycles. The highest BCUT2D eigenvalue weighted by Gasteiger charge is 2.23. The number of carbonyl (C=O) groups is 1. The maximum atomic E-state index is 12.2. The fourth-order valence-corrected chi connectivity index (χ4v) is 3.58. The second kappa shape index (κ2) is 10.0. The van der Waals surface area contributed by atoms with Crippen LogP contribution in [0.5, 0.6) is 0 Å². The Bertz CT molecular complexity index is 540. The first kappa shape index (κ1) is 19.3. The molecule has 0 bridgehead atoms. The molecule has 1 aromatic rings. The molecule has 2 N–H and O–H groups in total. The van der Waals surface area contributed by atoms with Crippen LogP contribution in [0.2, 0.25) is 0 Å². The van der Waals surface area contributed by atoms with E-state index in [-0.39, 0.29) is 18.1 Å². The van der Waals surface area contributed by atoms with Crippen molar-refractivity contribution >= 4 is 5.91 Å². The quantitative estimate of drug-likeness (QED) is 0.732. The van der Waals surface area contributed by atoms with Crippen molar-refractivity contribution < 1.29 is 19.4 Å². The molecule has 0 spiro atoms. The minimum absolute atomic E-state index is 0.00776. The van der Waals surface area contributed by atoms with Crippen LogP contribution in [-0.2, 0) is 9.47 Å². The first-order valence-corrected chi connectivity index (χ1v) is 9.66. The molecule has 0 aromatic heterocycles. The number of nitrogens with zero attached hydrogens (tertiary/aromatic N) is 1. The van der Waals surface area contributed by atoms with E-state index >= 15 is 0 Å². The van der Waals surface area contributed by atoms with Crippen LogP contribution in [0.4, 0.5) is 0 Å². The molecule has 2 saturated heterocycles. The molecule has 144 valence electrons. The molecule has 0 radical (unpaired) electrons. The van der Waals surface area contributed by atoms with Crippen molar-refractivity contribution in [3.8, 4) is 0 Å². The number of ether oxygens (including phenoxy) is 2. The molecule has 2 atom stereocenters. The Kier molecular flexibility index (Phi) is 7.43. The Labute approximate surface area is 155 Å². The molecule has 1 amide bonds. The van der Waals surface area contributed by atoms with Crippen LogP contribution in [0.1, 0.15) is 36.0 Å². The lowest BCUT2D eigenvalue weighted by Crippen LogP contribution is -2.47. The fourth-order valence-electron chi connectivity index (χ4n) is 3.58. The van der Waals surface area contributed by atoms with Gasteiger partial charge in [-0.2, -0.15) is 0 Å². The van der Waals surface area contributed by atoms with Gasteiger partial charge in [0.25, 0.3) is 5.91 Å². The van der Waals surface area contributed by atoms with Crippen molar-refractivity contribution in [3.05, 3.63) is 35.9 Å². The van der Waals surface area contributed by atoms with Crippen LogP contribution >= 0.6 is 0 Å². The van der Waals surface area contributed by atoms with E-state index in [1.807, 2.05) is 30.3 Å². The molecule has 0 unspecified atom stereocenters. The standard InChI is InChI=1S/C20H30N2O4/c23-18(14-25-15-19-7-4-12-26-19)13-22-10-8-17(9-11-22)21-20(24)16-5-2-1-3-6-16/h1-3,5-6,17-19,23H,4,7-15H2,(H,21,24)/t18-,19-/m0/s1. The van der Waals surface area contributed by atoms with Gasteiger partial charge in [-0.05, 0) is 37.8 Å². The fraction of sp³-hybridized carbons (Fsp3) is 0.650. The van der Waals surface area contributed by atoms with Gasteiger partial charge >= 0.3 is 0 Å². The highest BCUT2D eigenvalue weighted by atomic mass is 16.5. The van der Waals surface area contributed by atoms with Crippen LogP contribution in [0.15, 0.2) is 30.3 Å². The molecule has 2 heterocycles. The summed E-state index contributed by atoms with van der Waals surface area (Å²) in [5.41, 5.74) is 0.703. The molecular formula is C20H30N2O4. The second-order valence-electron chi connectivity index (χ2n) is 7.24. The van der Waals surface area contributed by atoms with Gasteiger partial charge < -0.3 is 24.8 Å². The lowest BCUT2D eigenvalue weighted by molar-refractivity contribution is -0.0268. The van der Waals surface area contributed by atoms with E-state index in [9.17, 15) is 9.90 Å². The number of likely N-dealkylation sites (tertiary alicyclic amines) is 1. The lowest BCUT2D eigenvalue weighted by atomic mass is 10.0. The van der Waals surface area contributed by atoms with E-state index in [0.29, 0.717) is 25.3 Å². The van der Waals surface area contributed by atoms with Crippen LogP contribution in [-0.4, -0.2) is 73.6 Å². The Morgan fingerprint density at radius 2 is 2.04 bits per heavy atom. The summed E-state index contributed by atoms with van der Waals surface area (Å²) < 4.78 is 11.1. The number of aliphatic hydroxyl groups excluding tert-OH is 1. The van der Waals surface area contributed by atoms with Crippen molar-refractivity contribution in [1.29, 1.82) is 0 Å². The number of nitrogens with one attached hydrogen (secondary N) is 1. The topological polar surface area (TPSA) is 71.0 Å². The maximum absolute atomic E-state index is 12.2. The van der Waals surface area contributed by atoms with Gasteiger partial charge in [-0.15, -0.1) is 0 Å². The van der Waals surface area contributed by atoms with E-state index < -0.39 is 6.10 Å². The molecule has 26 heavy (non-hydrogen) atoms. The number of amides is 1. The van der Waals surface area contributed by atoms with Crippen molar-refractivity contribution in [1.82, 2.24) is 10.2 Å². The van der Waals surface area contributed by atoms with Gasteiger partial charge in [0.05, 0.1) is 25.4 Å². The zero-order valence-electron chi connectivity index (χ0n) is 15.3. The summed E-state index contributed by atoms with van der Waals surface area (Å²) >= 11 is 0. The largest absolute Gasteiger partial charge is 0.389 e. The molecule has 2 fully saturated rings. The summed E-state index contributed by atoms with van der Waals surface area (Å²) in [6.45, 7) is 4.12. The van der Waals surface area contributed by atoms with E-state index in [1.165, 1.54) is 0 Å². The number of benzene rings is 1. The third-order valence-electron chi connectivity index (χ3n) is 5.07. The molecular weight excluding hydrogens is 332 g/mol. The van der Waals surface area contributed by atoms with Gasteiger partial charge in [-0.25, -0.2) is 0 Å². The summed E-state index contributed by atoms with van der Waals surface area (Å²) in [5.74, 6) is -0.00776. The van der Waals surface area contributed by atoms with Gasteiger partial charge in [0.1, 0.15) is 0 Å². The van der Waals surface area contributed by atoms with Crippen LogP contribution in [0, 0.1) is 0 Å². The molecule has 3 rings (SSSR count). The summed E-state index contributed by atoms with van der Waals surface area (Å²) in [6.07, 6.45) is 3.69. The van der Waals surface area contributed by atoms with E-state index in [2.05, 4.69) is 10.2 Å².